The summed E-state index contributed by atoms with van der Waals surface area (Å²) >= 11 is 0. The van der Waals surface area contributed by atoms with Crippen molar-refractivity contribution in [2.75, 3.05) is 0 Å². The Hall–Kier alpha value is -0.630. The summed E-state index contributed by atoms with van der Waals surface area (Å²) in [5.74, 6) is -0.126. The van der Waals surface area contributed by atoms with E-state index in [4.69, 9.17) is 0 Å². The molecule has 0 radical (unpaired) electrons. The van der Waals surface area contributed by atoms with Crippen molar-refractivity contribution >= 4 is 5.78 Å². The summed E-state index contributed by atoms with van der Waals surface area (Å²) in [4.78, 5) is 11.1. The van der Waals surface area contributed by atoms with Crippen molar-refractivity contribution in [3.8, 4) is 0 Å². The van der Waals surface area contributed by atoms with E-state index in [0.717, 1.165) is 6.42 Å². The summed E-state index contributed by atoms with van der Waals surface area (Å²) in [5.41, 5.74) is -0.407. The Morgan fingerprint density at radius 1 is 1.70 bits per heavy atom. The third-order valence-corrected chi connectivity index (χ3v) is 1.93. The fraction of sp³-hybridized carbons (Fsp3) is 0.625. The number of hydrogen-bond acceptors (Lipinski definition) is 2. The molecular weight excluding hydrogens is 128 g/mol. The van der Waals surface area contributed by atoms with Crippen molar-refractivity contribution in [1.29, 1.82) is 0 Å². The second-order valence-electron chi connectivity index (χ2n) is 3.03. The third kappa shape index (κ3) is 1.12. The van der Waals surface area contributed by atoms with Gasteiger partial charge in [0.1, 0.15) is 5.60 Å². The molecule has 0 fully saturated rings. The van der Waals surface area contributed by atoms with Gasteiger partial charge in [-0.05, 0) is 32.3 Å². The first-order valence-electron chi connectivity index (χ1n) is 3.48. The van der Waals surface area contributed by atoms with Crippen molar-refractivity contribution in [3.05, 3.63) is 11.6 Å². The summed E-state index contributed by atoms with van der Waals surface area (Å²) in [6.45, 7) is 3.32. The number of rotatable bonds is 0. The van der Waals surface area contributed by atoms with Crippen LogP contribution in [0, 0.1) is 0 Å². The van der Waals surface area contributed by atoms with Gasteiger partial charge in [-0.25, -0.2) is 0 Å². The average molecular weight is 140 g/mol. The highest BCUT2D eigenvalue weighted by Crippen LogP contribution is 2.23. The van der Waals surface area contributed by atoms with E-state index in [9.17, 15) is 9.90 Å². The van der Waals surface area contributed by atoms with Crippen LogP contribution >= 0.6 is 0 Å². The van der Waals surface area contributed by atoms with E-state index in [1.54, 1.807) is 13.8 Å². The quantitative estimate of drug-likeness (QED) is 0.546. The second kappa shape index (κ2) is 2.20. The van der Waals surface area contributed by atoms with E-state index in [1.165, 1.54) is 0 Å². The fourth-order valence-electron chi connectivity index (χ4n) is 1.20. The molecule has 0 amide bonds. The number of aliphatic hydroxyl groups is 1. The molecule has 0 saturated heterocycles. The first-order chi connectivity index (χ1) is 4.54. The molecule has 1 aliphatic carbocycles. The molecule has 0 saturated carbocycles. The van der Waals surface area contributed by atoms with Gasteiger partial charge < -0.3 is 5.11 Å². The molecule has 1 rings (SSSR count). The molecule has 1 N–H and O–H groups in total. The number of Topliss-reactive ketones (excluding diaryl/α,β-unsaturated/α-hetero) is 1. The van der Waals surface area contributed by atoms with E-state index in [0.29, 0.717) is 12.0 Å². The monoisotopic (exact) mass is 140 g/mol. The van der Waals surface area contributed by atoms with Crippen LogP contribution in [0.2, 0.25) is 0 Å². The lowest BCUT2D eigenvalue weighted by Gasteiger charge is -2.24. The number of carbonyl (C=O) groups is 1. The van der Waals surface area contributed by atoms with Crippen molar-refractivity contribution in [3.63, 3.8) is 0 Å². The molecule has 1 unspecified atom stereocenters. The lowest BCUT2D eigenvalue weighted by Crippen LogP contribution is -2.37. The normalized spacial score (nSPS) is 33.9. The Balaban J connectivity index is 2.89. The van der Waals surface area contributed by atoms with Gasteiger partial charge in [0.25, 0.3) is 0 Å². The summed E-state index contributed by atoms with van der Waals surface area (Å²) in [6.07, 6.45) is 3.24. The van der Waals surface area contributed by atoms with Gasteiger partial charge in [-0.1, -0.05) is 6.08 Å². The minimum atomic E-state index is -1.10. The van der Waals surface area contributed by atoms with Crippen LogP contribution in [-0.2, 0) is 4.79 Å². The van der Waals surface area contributed by atoms with Crippen molar-refractivity contribution < 1.29 is 9.90 Å². The van der Waals surface area contributed by atoms with Crippen LogP contribution in [0.15, 0.2) is 11.6 Å². The molecule has 0 heterocycles. The van der Waals surface area contributed by atoms with E-state index >= 15 is 0 Å². The Kier molecular flexibility index (Phi) is 1.65. The molecule has 0 aromatic carbocycles. The largest absolute Gasteiger partial charge is 0.382 e. The lowest BCUT2D eigenvalue weighted by molar-refractivity contribution is -0.132. The summed E-state index contributed by atoms with van der Waals surface area (Å²) in [7, 11) is 0. The molecule has 1 atom stereocenters. The van der Waals surface area contributed by atoms with E-state index in [2.05, 4.69) is 0 Å². The van der Waals surface area contributed by atoms with E-state index in [1.807, 2.05) is 6.08 Å². The predicted octanol–water partition coefficient (Wildman–Crippen LogP) is 1.05. The van der Waals surface area contributed by atoms with Crippen LogP contribution in [0.25, 0.3) is 0 Å². The lowest BCUT2D eigenvalue weighted by atomic mass is 9.86. The molecule has 0 aromatic heterocycles. The predicted molar refractivity (Wildman–Crippen MR) is 38.6 cm³/mol. The zero-order chi connectivity index (χ0) is 7.78. The van der Waals surface area contributed by atoms with Gasteiger partial charge in [-0.3, -0.25) is 4.79 Å². The first-order valence-corrected chi connectivity index (χ1v) is 3.48. The Labute approximate surface area is 60.6 Å². The van der Waals surface area contributed by atoms with Crippen LogP contribution in [0.1, 0.15) is 26.7 Å². The highest BCUT2D eigenvalue weighted by Gasteiger charge is 2.32. The second-order valence-corrected chi connectivity index (χ2v) is 3.03. The molecule has 0 spiro atoms. The van der Waals surface area contributed by atoms with Crippen LogP contribution in [-0.4, -0.2) is 16.5 Å². The van der Waals surface area contributed by atoms with Crippen LogP contribution in [0.3, 0.4) is 0 Å². The highest BCUT2D eigenvalue weighted by molar-refractivity contribution is 6.01. The number of ketones is 1. The zero-order valence-corrected chi connectivity index (χ0v) is 6.35. The maximum atomic E-state index is 11.1. The van der Waals surface area contributed by atoms with Gasteiger partial charge >= 0.3 is 0 Å². The minimum absolute atomic E-state index is 0.126. The van der Waals surface area contributed by atoms with E-state index < -0.39 is 5.60 Å². The van der Waals surface area contributed by atoms with Crippen LogP contribution < -0.4 is 0 Å². The Morgan fingerprint density at radius 2 is 2.30 bits per heavy atom. The summed E-state index contributed by atoms with van der Waals surface area (Å²) < 4.78 is 0. The average Bonchev–Trinajstić information content (AvgIpc) is 1.83. The van der Waals surface area contributed by atoms with Gasteiger partial charge in [0, 0.05) is 0 Å². The van der Waals surface area contributed by atoms with Crippen molar-refractivity contribution in [2.45, 2.75) is 32.3 Å². The molecule has 0 aromatic rings. The van der Waals surface area contributed by atoms with Crippen molar-refractivity contribution in [1.82, 2.24) is 0 Å². The topological polar surface area (TPSA) is 37.3 Å². The molecule has 56 valence electrons. The van der Waals surface area contributed by atoms with E-state index in [-0.39, 0.29) is 5.78 Å². The van der Waals surface area contributed by atoms with Crippen LogP contribution in [0.5, 0.6) is 0 Å². The molecule has 2 heteroatoms. The maximum absolute atomic E-state index is 11.1. The van der Waals surface area contributed by atoms with Gasteiger partial charge in [0.05, 0.1) is 0 Å². The number of carbonyl (C=O) groups excluding carboxylic acids is 1. The highest BCUT2D eigenvalue weighted by atomic mass is 16.3. The number of allylic oxidation sites excluding steroid dienone is 1. The molecular formula is C8H12O2. The molecule has 0 bridgehead atoms. The van der Waals surface area contributed by atoms with Crippen LogP contribution in [0.4, 0.5) is 0 Å². The molecule has 0 aliphatic heterocycles. The summed E-state index contributed by atoms with van der Waals surface area (Å²) in [5, 5.41) is 9.42. The molecule has 1 aliphatic rings. The first kappa shape index (κ1) is 7.48. The Morgan fingerprint density at radius 3 is 2.70 bits per heavy atom. The standard InChI is InChI=1S/C8H12O2/c1-6-4-3-5-8(2,10)7(6)9/h4,10H,3,5H2,1-2H3. The minimum Gasteiger partial charge on any atom is -0.382 e. The van der Waals surface area contributed by atoms with Crippen molar-refractivity contribution in [2.24, 2.45) is 0 Å². The van der Waals surface area contributed by atoms with Gasteiger partial charge in [0.2, 0.25) is 0 Å². The zero-order valence-electron chi connectivity index (χ0n) is 6.35. The SMILES string of the molecule is CC1=CCCC(C)(O)C1=O. The Bertz CT molecular complexity index is 189. The van der Waals surface area contributed by atoms with Gasteiger partial charge in [0.15, 0.2) is 5.78 Å². The van der Waals surface area contributed by atoms with Gasteiger partial charge in [-0.2, -0.15) is 0 Å². The number of hydrogen-bond donors (Lipinski definition) is 1. The maximum Gasteiger partial charge on any atom is 0.189 e. The van der Waals surface area contributed by atoms with Gasteiger partial charge in [-0.15, -0.1) is 0 Å². The summed E-state index contributed by atoms with van der Waals surface area (Å²) in [6, 6.07) is 0. The molecule has 10 heavy (non-hydrogen) atoms. The smallest absolute Gasteiger partial charge is 0.189 e. The third-order valence-electron chi connectivity index (χ3n) is 1.93. The fourth-order valence-corrected chi connectivity index (χ4v) is 1.20. The molecule has 2 nitrogen and oxygen atoms in total.